The molecule has 0 saturated carbocycles. The molecule has 3 atom stereocenters. The summed E-state index contributed by atoms with van der Waals surface area (Å²) in [6, 6.07) is -1.48. The summed E-state index contributed by atoms with van der Waals surface area (Å²) in [6.07, 6.45) is -0.415. The van der Waals surface area contributed by atoms with Gasteiger partial charge in [0.15, 0.2) is 16.9 Å². The number of nitrogens with one attached hydrogen (secondary N) is 2. The number of esters is 1. The number of nitrogen functional groups attached to an aromatic ring is 1. The lowest BCUT2D eigenvalue weighted by Gasteiger charge is -2.29. The molecular formula is C16H17N5O8S2. The summed E-state index contributed by atoms with van der Waals surface area (Å²) in [5.74, 6) is -3.93. The zero-order valence-corrected chi connectivity index (χ0v) is 17.5. The molecule has 2 aliphatic heterocycles. The number of carboxylic acids is 2. The van der Waals surface area contributed by atoms with Crippen LogP contribution < -0.4 is 16.4 Å². The highest BCUT2D eigenvalue weighted by Crippen LogP contribution is 2.32. The maximum Gasteiger partial charge on any atom is 0.355 e. The summed E-state index contributed by atoms with van der Waals surface area (Å²) in [6.45, 7) is 0.884. The number of aromatic nitrogens is 1. The molecular weight excluding hydrogens is 454 g/mol. The topological polar surface area (TPSA) is 203 Å². The Bertz CT molecular complexity index is 990. The zero-order valence-electron chi connectivity index (χ0n) is 15.9. The first-order valence-corrected chi connectivity index (χ1v) is 10.6. The average Bonchev–Trinajstić information content (AvgIpc) is 3.25. The zero-order chi connectivity index (χ0) is 22.7. The Balaban J connectivity index is 1.79. The number of aliphatic carboxylic acids is 2. The molecule has 1 amide bonds. The number of carbonyl (C=O) groups is 4. The van der Waals surface area contributed by atoms with Crippen LogP contribution in [0.3, 0.4) is 0 Å². The number of thioether (sulfide) groups is 1. The van der Waals surface area contributed by atoms with Gasteiger partial charge in [0.2, 0.25) is 6.61 Å². The second-order valence-electron chi connectivity index (χ2n) is 6.29. The monoisotopic (exact) mass is 471 g/mol. The molecule has 3 heterocycles. The predicted molar refractivity (Wildman–Crippen MR) is 108 cm³/mol. The van der Waals surface area contributed by atoms with E-state index in [-0.39, 0.29) is 16.5 Å². The molecule has 0 bridgehead atoms. The molecule has 3 rings (SSSR count). The molecule has 13 nitrogen and oxygen atoms in total. The Kier molecular flexibility index (Phi) is 6.65. The lowest BCUT2D eigenvalue weighted by Crippen LogP contribution is -2.55. The number of anilines is 1. The third kappa shape index (κ3) is 5.05. The number of hydrogen-bond acceptors (Lipinski definition) is 12. The second kappa shape index (κ2) is 9.22. The van der Waals surface area contributed by atoms with E-state index in [0.29, 0.717) is 11.3 Å². The van der Waals surface area contributed by atoms with Crippen molar-refractivity contribution in [2.75, 3.05) is 18.1 Å². The van der Waals surface area contributed by atoms with E-state index < -0.39 is 53.7 Å². The summed E-state index contributed by atoms with van der Waals surface area (Å²) >= 11 is 2.18. The van der Waals surface area contributed by atoms with E-state index in [4.69, 9.17) is 15.6 Å². The molecule has 0 aromatic carbocycles. The maximum absolute atomic E-state index is 12.8. The van der Waals surface area contributed by atoms with E-state index in [1.807, 2.05) is 0 Å². The van der Waals surface area contributed by atoms with Gasteiger partial charge in [0, 0.05) is 16.7 Å². The first kappa shape index (κ1) is 22.4. The number of amides is 1. The minimum absolute atomic E-state index is 0.0167. The third-order valence-electron chi connectivity index (χ3n) is 4.18. The largest absolute Gasteiger partial charge is 0.480 e. The first-order chi connectivity index (χ1) is 14.7. The van der Waals surface area contributed by atoms with Gasteiger partial charge in [-0.2, -0.15) is 0 Å². The van der Waals surface area contributed by atoms with Crippen molar-refractivity contribution in [3.8, 4) is 0 Å². The minimum atomic E-state index is -1.48. The van der Waals surface area contributed by atoms with Crippen molar-refractivity contribution < 1.29 is 39.0 Å². The van der Waals surface area contributed by atoms with E-state index in [2.05, 4.69) is 25.6 Å². The van der Waals surface area contributed by atoms with Crippen LogP contribution in [-0.2, 0) is 28.8 Å². The van der Waals surface area contributed by atoms with Gasteiger partial charge in [0.25, 0.3) is 5.91 Å². The Morgan fingerprint density at radius 2 is 2.23 bits per heavy atom. The highest BCUT2D eigenvalue weighted by Gasteiger charge is 2.41. The van der Waals surface area contributed by atoms with Crippen LogP contribution >= 0.6 is 23.1 Å². The number of nitrogens with two attached hydrogens (primary N) is 1. The second-order valence-corrected chi connectivity index (χ2v) is 8.31. The summed E-state index contributed by atoms with van der Waals surface area (Å²) in [5, 5.41) is 27.6. The van der Waals surface area contributed by atoms with Gasteiger partial charge in [0.05, 0.1) is 0 Å². The van der Waals surface area contributed by atoms with Crippen molar-refractivity contribution in [2.45, 2.75) is 24.4 Å². The first-order valence-electron chi connectivity index (χ1n) is 8.66. The summed E-state index contributed by atoms with van der Waals surface area (Å²) in [5.41, 5.74) is 5.99. The van der Waals surface area contributed by atoms with Gasteiger partial charge in [0.1, 0.15) is 22.9 Å². The van der Waals surface area contributed by atoms with Crippen LogP contribution in [0.5, 0.6) is 0 Å². The van der Waals surface area contributed by atoms with E-state index in [1.54, 1.807) is 6.92 Å². The summed E-state index contributed by atoms with van der Waals surface area (Å²) < 4.78 is 5.11. The standard InChI is InChI=1S/C16H17N5O8S2/c1-5-6-3-30-13(20-9(6)15(27)29-5)11(14(25)26)19-12(24)10(21-28-2-8(22)23)7-4-31-16(17)18-7/h4-5,11,13,20H,2-3H2,1H3,(H2,17,18)(H,19,24)(H,22,23)(H,25,26)/t5?,11?,13-/m1/s1. The molecule has 2 unspecified atom stereocenters. The summed E-state index contributed by atoms with van der Waals surface area (Å²) in [4.78, 5) is 55.8. The average molecular weight is 471 g/mol. The molecule has 0 saturated heterocycles. The Morgan fingerprint density at radius 3 is 2.84 bits per heavy atom. The minimum Gasteiger partial charge on any atom is -0.480 e. The van der Waals surface area contributed by atoms with Crippen LogP contribution in [-0.4, -0.2) is 74.6 Å². The highest BCUT2D eigenvalue weighted by atomic mass is 32.2. The molecule has 0 radical (unpaired) electrons. The van der Waals surface area contributed by atoms with Gasteiger partial charge in [-0.1, -0.05) is 5.16 Å². The van der Waals surface area contributed by atoms with E-state index in [1.165, 1.54) is 17.1 Å². The predicted octanol–water partition coefficient (Wildman–Crippen LogP) is -1.04. The van der Waals surface area contributed by atoms with E-state index >= 15 is 0 Å². The van der Waals surface area contributed by atoms with Gasteiger partial charge in [-0.25, -0.2) is 19.4 Å². The molecule has 31 heavy (non-hydrogen) atoms. The van der Waals surface area contributed by atoms with Crippen LogP contribution in [0, 0.1) is 0 Å². The van der Waals surface area contributed by atoms with Crippen molar-refractivity contribution in [3.05, 3.63) is 22.3 Å². The third-order valence-corrected chi connectivity index (χ3v) is 6.08. The quantitative estimate of drug-likeness (QED) is 0.175. The number of carbonyl (C=O) groups excluding carboxylic acids is 2. The lowest BCUT2D eigenvalue weighted by molar-refractivity contribution is -0.142. The van der Waals surface area contributed by atoms with Gasteiger partial charge in [-0.3, -0.25) is 4.79 Å². The Labute approximate surface area is 182 Å². The fourth-order valence-corrected chi connectivity index (χ4v) is 4.60. The highest BCUT2D eigenvalue weighted by molar-refractivity contribution is 8.00. The molecule has 1 aromatic rings. The van der Waals surface area contributed by atoms with Gasteiger partial charge in [-0.15, -0.1) is 23.1 Å². The van der Waals surface area contributed by atoms with Gasteiger partial charge >= 0.3 is 17.9 Å². The van der Waals surface area contributed by atoms with Crippen LogP contribution in [0.2, 0.25) is 0 Å². The number of hydrogen-bond donors (Lipinski definition) is 5. The van der Waals surface area contributed by atoms with Crippen molar-refractivity contribution in [1.82, 2.24) is 15.6 Å². The smallest absolute Gasteiger partial charge is 0.355 e. The number of cyclic esters (lactones) is 1. The number of carboxylic acid groups (broad SMARTS) is 2. The number of nitrogens with zero attached hydrogens (tertiary/aromatic N) is 2. The molecule has 15 heteroatoms. The molecule has 0 fully saturated rings. The maximum atomic E-state index is 12.8. The van der Waals surface area contributed by atoms with Crippen LogP contribution in [0.15, 0.2) is 21.8 Å². The van der Waals surface area contributed by atoms with Crippen molar-refractivity contribution in [3.63, 3.8) is 0 Å². The molecule has 0 aliphatic carbocycles. The van der Waals surface area contributed by atoms with Crippen LogP contribution in [0.1, 0.15) is 12.6 Å². The SMILES string of the molecule is CC1OC(=O)C2=C1CS[C@H](C(NC(=O)C(=NOCC(=O)O)c1csc(N)n1)C(=O)O)N2. The molecule has 1 aromatic heterocycles. The van der Waals surface area contributed by atoms with Crippen LogP contribution in [0.4, 0.5) is 5.13 Å². The van der Waals surface area contributed by atoms with Crippen molar-refractivity contribution >= 4 is 57.8 Å². The Hall–Kier alpha value is -3.33. The fraction of sp³-hybridized carbons (Fsp3) is 0.375. The van der Waals surface area contributed by atoms with Crippen molar-refractivity contribution in [1.29, 1.82) is 0 Å². The number of ether oxygens (including phenoxy) is 1. The van der Waals surface area contributed by atoms with E-state index in [9.17, 15) is 24.3 Å². The summed E-state index contributed by atoms with van der Waals surface area (Å²) in [7, 11) is 0. The fourth-order valence-electron chi connectivity index (χ4n) is 2.74. The molecule has 0 spiro atoms. The normalized spacial score (nSPS) is 21.6. The van der Waals surface area contributed by atoms with Gasteiger partial charge < -0.3 is 36.2 Å². The van der Waals surface area contributed by atoms with Gasteiger partial charge in [-0.05, 0) is 6.92 Å². The van der Waals surface area contributed by atoms with E-state index in [0.717, 1.165) is 11.3 Å². The molecule has 166 valence electrons. The van der Waals surface area contributed by atoms with Crippen LogP contribution in [0.25, 0.3) is 0 Å². The number of rotatable bonds is 8. The van der Waals surface area contributed by atoms with Crippen molar-refractivity contribution in [2.24, 2.45) is 5.16 Å². The molecule has 6 N–H and O–H groups in total. The molecule has 2 aliphatic rings. The Morgan fingerprint density at radius 1 is 1.48 bits per heavy atom. The number of oxime groups is 1. The number of thiazole rings is 1. The lowest BCUT2D eigenvalue weighted by atomic mass is 10.1.